The molecule has 11 heteroatoms. The van der Waals surface area contributed by atoms with Gasteiger partial charge in [-0.05, 0) is 60.7 Å². The van der Waals surface area contributed by atoms with Crippen LogP contribution in [-0.4, -0.2) is 42.1 Å². The van der Waals surface area contributed by atoms with Crippen LogP contribution >= 0.6 is 0 Å². The molecule has 224 valence electrons. The van der Waals surface area contributed by atoms with Gasteiger partial charge in [0.15, 0.2) is 11.5 Å². The Labute approximate surface area is 244 Å². The first kappa shape index (κ1) is 30.4. The highest BCUT2D eigenvalue weighted by Crippen LogP contribution is 2.39. The summed E-state index contributed by atoms with van der Waals surface area (Å²) >= 11 is 0. The number of benzene rings is 3. The van der Waals surface area contributed by atoms with E-state index in [2.05, 4.69) is 5.32 Å². The topological polar surface area (TPSA) is 148 Å². The predicted octanol–water partition coefficient (Wildman–Crippen LogP) is 5.43. The minimum Gasteiger partial charge on any atom is -0.496 e. The number of methoxy groups -OCH3 is 2. The number of carbonyl (C=O) groups is 1. The summed E-state index contributed by atoms with van der Waals surface area (Å²) in [5.74, 6) is 0.742. The summed E-state index contributed by atoms with van der Waals surface area (Å²) < 4.78 is 27.9. The first-order valence-corrected chi connectivity index (χ1v) is 13.6. The van der Waals surface area contributed by atoms with Crippen molar-refractivity contribution in [3.8, 4) is 39.9 Å². The van der Waals surface area contributed by atoms with Crippen molar-refractivity contribution in [3.63, 3.8) is 0 Å². The van der Waals surface area contributed by atoms with E-state index in [1.165, 1.54) is 0 Å². The van der Waals surface area contributed by atoms with Crippen molar-refractivity contribution >= 4 is 5.91 Å². The molecule has 1 aliphatic rings. The van der Waals surface area contributed by atoms with E-state index >= 15 is 0 Å². The Kier molecular flexibility index (Phi) is 10.4. The molecule has 1 heterocycles. The van der Waals surface area contributed by atoms with Crippen molar-refractivity contribution in [1.82, 2.24) is 10.8 Å². The molecule has 5 N–H and O–H groups in total. The summed E-state index contributed by atoms with van der Waals surface area (Å²) in [4.78, 5) is 11.1. The number of aliphatic hydroxyl groups excluding tert-OH is 2. The molecule has 3 aromatic rings. The quantitative estimate of drug-likeness (QED) is 0.0950. The lowest BCUT2D eigenvalue weighted by Gasteiger charge is -2.19. The van der Waals surface area contributed by atoms with Gasteiger partial charge in [-0.3, -0.25) is 10.0 Å². The number of hydrogen-bond acceptors (Lipinski definition) is 10. The molecule has 1 aliphatic heterocycles. The van der Waals surface area contributed by atoms with E-state index in [1.807, 2.05) is 43.3 Å². The second-order valence-electron chi connectivity index (χ2n) is 9.68. The lowest BCUT2D eigenvalue weighted by molar-refractivity contribution is -0.129. The molecule has 0 saturated heterocycles. The van der Waals surface area contributed by atoms with Crippen LogP contribution in [0.15, 0.2) is 60.4 Å². The monoisotopic (exact) mass is 580 g/mol. The Bertz CT molecular complexity index is 1410. The zero-order valence-corrected chi connectivity index (χ0v) is 23.9. The van der Waals surface area contributed by atoms with Crippen LogP contribution < -0.4 is 34.5 Å². The zero-order valence-electron chi connectivity index (χ0n) is 23.9. The van der Waals surface area contributed by atoms with Crippen LogP contribution in [0, 0.1) is 6.92 Å². The van der Waals surface area contributed by atoms with Gasteiger partial charge in [-0.15, -0.1) is 0 Å². The average molecular weight is 581 g/mol. The summed E-state index contributed by atoms with van der Waals surface area (Å²) in [5.41, 5.74) is 6.30. The highest BCUT2D eigenvalue weighted by atomic mass is 16.7. The molecule has 42 heavy (non-hydrogen) atoms. The van der Waals surface area contributed by atoms with Gasteiger partial charge in [0, 0.05) is 25.1 Å². The Hall–Kier alpha value is -4.61. The van der Waals surface area contributed by atoms with E-state index in [4.69, 9.17) is 28.9 Å². The van der Waals surface area contributed by atoms with Gasteiger partial charge < -0.3 is 39.2 Å². The van der Waals surface area contributed by atoms with Gasteiger partial charge in [-0.1, -0.05) is 30.7 Å². The summed E-state index contributed by atoms with van der Waals surface area (Å²) in [7, 11) is 3.21. The number of hydroxylamine groups is 1. The molecule has 0 spiro atoms. The number of rotatable bonds is 14. The zero-order chi connectivity index (χ0) is 30.1. The summed E-state index contributed by atoms with van der Waals surface area (Å²) in [6.07, 6.45) is 2.76. The Morgan fingerprint density at radius 2 is 1.62 bits per heavy atom. The second-order valence-corrected chi connectivity index (χ2v) is 9.68. The number of unbranched alkanes of at least 4 members (excludes halogenated alkanes) is 2. The standard InChI is InChI=1S/C31H36N2O9/c1-19-21(8-7-9-23(19)20-11-12-25-28(14-20)42-31(36)30(35)41-25)18-40-22-15-26(38-2)24(27(16-22)39-3)17-32-13-6-4-5-10-29(34)33-37/h7-9,11-12,14-16,32,35-37H,4-6,10,13,17-18H2,1-3H3,(H,33,34). The van der Waals surface area contributed by atoms with Gasteiger partial charge in [-0.25, -0.2) is 5.48 Å². The van der Waals surface area contributed by atoms with E-state index in [0.717, 1.165) is 47.2 Å². The maximum absolute atomic E-state index is 11.1. The molecular formula is C31H36N2O9. The van der Waals surface area contributed by atoms with Crippen LogP contribution in [0.2, 0.25) is 0 Å². The molecule has 4 rings (SSSR count). The number of hydrogen-bond donors (Lipinski definition) is 5. The maximum atomic E-state index is 11.1. The Morgan fingerprint density at radius 3 is 2.31 bits per heavy atom. The highest BCUT2D eigenvalue weighted by Gasteiger charge is 2.22. The predicted molar refractivity (Wildman–Crippen MR) is 154 cm³/mol. The van der Waals surface area contributed by atoms with E-state index < -0.39 is 11.9 Å². The number of aliphatic hydroxyl groups is 2. The highest BCUT2D eigenvalue weighted by molar-refractivity contribution is 5.74. The smallest absolute Gasteiger partial charge is 0.367 e. The molecule has 0 saturated carbocycles. The van der Waals surface area contributed by atoms with Crippen molar-refractivity contribution < 1.29 is 43.9 Å². The lowest BCUT2D eigenvalue weighted by atomic mass is 9.96. The van der Waals surface area contributed by atoms with Gasteiger partial charge in [0.1, 0.15) is 23.9 Å². The van der Waals surface area contributed by atoms with E-state index in [0.29, 0.717) is 54.7 Å². The Morgan fingerprint density at radius 1 is 0.905 bits per heavy atom. The molecule has 0 aliphatic carbocycles. The number of carbonyl (C=O) groups excluding carboxylic acids is 1. The van der Waals surface area contributed by atoms with Crippen LogP contribution in [0.5, 0.6) is 28.7 Å². The molecular weight excluding hydrogens is 544 g/mol. The van der Waals surface area contributed by atoms with Crippen molar-refractivity contribution in [1.29, 1.82) is 0 Å². The molecule has 3 aromatic carbocycles. The normalized spacial score (nSPS) is 12.2. The molecule has 1 amide bonds. The summed E-state index contributed by atoms with van der Waals surface area (Å²) in [6, 6.07) is 14.9. The number of nitrogens with one attached hydrogen (secondary N) is 2. The molecule has 0 unspecified atom stereocenters. The van der Waals surface area contributed by atoms with Crippen molar-refractivity contribution in [2.24, 2.45) is 0 Å². The first-order chi connectivity index (χ1) is 20.3. The minimum atomic E-state index is -0.687. The maximum Gasteiger partial charge on any atom is 0.367 e. The van der Waals surface area contributed by atoms with Crippen LogP contribution in [0.1, 0.15) is 42.4 Å². The van der Waals surface area contributed by atoms with Crippen molar-refractivity contribution in [2.45, 2.75) is 45.8 Å². The molecule has 11 nitrogen and oxygen atoms in total. The second kappa shape index (κ2) is 14.3. The fourth-order valence-electron chi connectivity index (χ4n) is 4.65. The van der Waals surface area contributed by atoms with Crippen LogP contribution in [0.3, 0.4) is 0 Å². The van der Waals surface area contributed by atoms with Gasteiger partial charge in [-0.2, -0.15) is 0 Å². The third-order valence-corrected chi connectivity index (χ3v) is 6.96. The van der Waals surface area contributed by atoms with E-state index in [-0.39, 0.29) is 5.91 Å². The van der Waals surface area contributed by atoms with Crippen LogP contribution in [0.25, 0.3) is 11.1 Å². The lowest BCUT2D eigenvalue weighted by Crippen LogP contribution is -2.18. The summed E-state index contributed by atoms with van der Waals surface area (Å²) in [5, 5.41) is 31.2. The molecule has 0 bridgehead atoms. The number of amides is 1. The van der Waals surface area contributed by atoms with Gasteiger partial charge >= 0.3 is 11.9 Å². The fraction of sp³-hybridized carbons (Fsp3) is 0.323. The third kappa shape index (κ3) is 7.36. The SMILES string of the molecule is COc1cc(OCc2cccc(-c3ccc4c(c3)OC(O)=C(O)O4)c2C)cc(OC)c1CNCCCCCC(=O)NO. The van der Waals surface area contributed by atoms with Crippen molar-refractivity contribution in [2.75, 3.05) is 20.8 Å². The van der Waals surface area contributed by atoms with Crippen molar-refractivity contribution in [3.05, 3.63) is 77.1 Å². The largest absolute Gasteiger partial charge is 0.496 e. The molecule has 0 radical (unpaired) electrons. The van der Waals surface area contributed by atoms with Crippen LogP contribution in [0.4, 0.5) is 0 Å². The summed E-state index contributed by atoms with van der Waals surface area (Å²) in [6.45, 7) is 3.60. The van der Waals surface area contributed by atoms with Gasteiger partial charge in [0.25, 0.3) is 0 Å². The molecule has 0 fully saturated rings. The molecule has 0 aromatic heterocycles. The van der Waals surface area contributed by atoms with E-state index in [9.17, 15) is 15.0 Å². The Balaban J connectivity index is 1.40. The first-order valence-electron chi connectivity index (χ1n) is 13.6. The van der Waals surface area contributed by atoms with Gasteiger partial charge in [0.05, 0.1) is 19.8 Å². The van der Waals surface area contributed by atoms with Crippen LogP contribution in [-0.2, 0) is 17.9 Å². The fourth-order valence-corrected chi connectivity index (χ4v) is 4.65. The third-order valence-electron chi connectivity index (χ3n) is 6.96. The number of ether oxygens (including phenoxy) is 5. The molecule has 0 atom stereocenters. The minimum absolute atomic E-state index is 0.296. The van der Waals surface area contributed by atoms with E-state index in [1.54, 1.807) is 31.8 Å². The number of fused-ring (bicyclic) bond motifs is 1. The van der Waals surface area contributed by atoms with Gasteiger partial charge in [0.2, 0.25) is 5.91 Å². The average Bonchev–Trinajstić information content (AvgIpc) is 3.00.